The molecule has 100 valence electrons. The van der Waals surface area contributed by atoms with Gasteiger partial charge in [0.1, 0.15) is 5.69 Å². The fourth-order valence-electron chi connectivity index (χ4n) is 2.51. The minimum Gasteiger partial charge on any atom is -0.358 e. The van der Waals surface area contributed by atoms with Crippen molar-refractivity contribution in [1.82, 2.24) is 9.97 Å². The molecule has 2 heterocycles. The SMILES string of the molecule is FC(F)(F)c1cc(-c2cc3c([nH]2)CCCC3)ccn1. The first-order chi connectivity index (χ1) is 9.04. The lowest BCUT2D eigenvalue weighted by atomic mass is 9.98. The summed E-state index contributed by atoms with van der Waals surface area (Å²) in [5, 5.41) is 0. The number of fused-ring (bicyclic) bond motifs is 1. The van der Waals surface area contributed by atoms with Crippen LogP contribution in [0.2, 0.25) is 0 Å². The van der Waals surface area contributed by atoms with Gasteiger partial charge in [-0.3, -0.25) is 4.98 Å². The number of H-pyrrole nitrogens is 1. The van der Waals surface area contributed by atoms with E-state index in [0.717, 1.165) is 43.1 Å². The van der Waals surface area contributed by atoms with Crippen LogP contribution in [-0.4, -0.2) is 9.97 Å². The van der Waals surface area contributed by atoms with Crippen LogP contribution in [0.1, 0.15) is 29.8 Å². The van der Waals surface area contributed by atoms with Gasteiger partial charge in [-0.05, 0) is 49.4 Å². The molecular weight excluding hydrogens is 253 g/mol. The third-order valence-electron chi connectivity index (χ3n) is 3.48. The van der Waals surface area contributed by atoms with Crippen LogP contribution in [0.15, 0.2) is 24.4 Å². The largest absolute Gasteiger partial charge is 0.433 e. The molecule has 0 atom stereocenters. The van der Waals surface area contributed by atoms with E-state index in [-0.39, 0.29) is 0 Å². The molecule has 5 heteroatoms. The van der Waals surface area contributed by atoms with Gasteiger partial charge in [-0.25, -0.2) is 0 Å². The Labute approximate surface area is 108 Å². The van der Waals surface area contributed by atoms with Crippen molar-refractivity contribution in [3.05, 3.63) is 41.3 Å². The van der Waals surface area contributed by atoms with Crippen LogP contribution >= 0.6 is 0 Å². The first-order valence-electron chi connectivity index (χ1n) is 6.28. The Kier molecular flexibility index (Phi) is 2.84. The van der Waals surface area contributed by atoms with E-state index in [1.807, 2.05) is 6.07 Å². The molecule has 1 aliphatic rings. The smallest absolute Gasteiger partial charge is 0.358 e. The molecule has 1 N–H and O–H groups in total. The third kappa shape index (κ3) is 2.37. The maximum Gasteiger partial charge on any atom is 0.433 e. The molecule has 19 heavy (non-hydrogen) atoms. The highest BCUT2D eigenvalue weighted by Gasteiger charge is 2.32. The number of rotatable bonds is 1. The quantitative estimate of drug-likeness (QED) is 0.831. The number of nitrogens with zero attached hydrogens (tertiary/aromatic N) is 1. The van der Waals surface area contributed by atoms with E-state index >= 15 is 0 Å². The summed E-state index contributed by atoms with van der Waals surface area (Å²) >= 11 is 0. The predicted octanol–water partition coefficient (Wildman–Crippen LogP) is 3.97. The van der Waals surface area contributed by atoms with Crippen molar-refractivity contribution in [3.8, 4) is 11.3 Å². The van der Waals surface area contributed by atoms with Crippen LogP contribution in [0.25, 0.3) is 11.3 Å². The second kappa shape index (κ2) is 4.40. The standard InChI is InChI=1S/C14H13F3N2/c15-14(16,17)13-8-10(5-6-18-13)12-7-9-3-1-2-4-11(9)19-12/h5-8,19H,1-4H2. The molecule has 2 nitrogen and oxygen atoms in total. The predicted molar refractivity (Wildman–Crippen MR) is 65.7 cm³/mol. The maximum absolute atomic E-state index is 12.6. The second-order valence-corrected chi connectivity index (χ2v) is 4.82. The second-order valence-electron chi connectivity index (χ2n) is 4.82. The number of halogens is 3. The van der Waals surface area contributed by atoms with Crippen molar-refractivity contribution in [1.29, 1.82) is 0 Å². The monoisotopic (exact) mass is 266 g/mol. The molecule has 0 fully saturated rings. The number of nitrogens with one attached hydrogen (secondary N) is 1. The molecule has 0 amide bonds. The summed E-state index contributed by atoms with van der Waals surface area (Å²) in [6.45, 7) is 0. The van der Waals surface area contributed by atoms with Crippen molar-refractivity contribution >= 4 is 0 Å². The molecule has 0 bridgehead atoms. The van der Waals surface area contributed by atoms with E-state index in [9.17, 15) is 13.2 Å². The van der Waals surface area contributed by atoms with Gasteiger partial charge in [0.2, 0.25) is 0 Å². The van der Waals surface area contributed by atoms with Crippen molar-refractivity contribution < 1.29 is 13.2 Å². The molecule has 3 rings (SSSR count). The average Bonchev–Trinajstić information content (AvgIpc) is 2.81. The van der Waals surface area contributed by atoms with E-state index in [4.69, 9.17) is 0 Å². The Morgan fingerprint density at radius 2 is 1.89 bits per heavy atom. The lowest BCUT2D eigenvalue weighted by molar-refractivity contribution is -0.141. The number of aromatic amines is 1. The van der Waals surface area contributed by atoms with Gasteiger partial charge in [0, 0.05) is 23.1 Å². The minimum atomic E-state index is -4.40. The van der Waals surface area contributed by atoms with E-state index in [0.29, 0.717) is 5.56 Å². The topological polar surface area (TPSA) is 28.7 Å². The van der Waals surface area contributed by atoms with Crippen molar-refractivity contribution in [3.63, 3.8) is 0 Å². The first-order valence-corrected chi connectivity index (χ1v) is 6.28. The number of hydrogen-bond acceptors (Lipinski definition) is 1. The van der Waals surface area contributed by atoms with Gasteiger partial charge >= 0.3 is 6.18 Å². The van der Waals surface area contributed by atoms with Gasteiger partial charge in [0.05, 0.1) is 0 Å². The molecule has 0 saturated heterocycles. The molecule has 0 saturated carbocycles. The molecule has 2 aromatic heterocycles. The number of pyridine rings is 1. The highest BCUT2D eigenvalue weighted by Crippen LogP contribution is 2.32. The Balaban J connectivity index is 2.00. The molecule has 0 aromatic carbocycles. The van der Waals surface area contributed by atoms with E-state index in [1.165, 1.54) is 11.8 Å². The number of hydrogen-bond donors (Lipinski definition) is 1. The van der Waals surface area contributed by atoms with Gasteiger partial charge in [0.25, 0.3) is 0 Å². The molecule has 0 spiro atoms. The Morgan fingerprint density at radius 1 is 1.11 bits per heavy atom. The van der Waals surface area contributed by atoms with Crippen LogP contribution in [0, 0.1) is 0 Å². The molecule has 1 aliphatic carbocycles. The molecule has 0 radical (unpaired) electrons. The minimum absolute atomic E-state index is 0.539. The van der Waals surface area contributed by atoms with Gasteiger partial charge in [-0.2, -0.15) is 13.2 Å². The lowest BCUT2D eigenvalue weighted by Crippen LogP contribution is -2.07. The summed E-state index contributed by atoms with van der Waals surface area (Å²) in [7, 11) is 0. The lowest BCUT2D eigenvalue weighted by Gasteiger charge is -2.09. The van der Waals surface area contributed by atoms with Gasteiger partial charge in [-0.15, -0.1) is 0 Å². The zero-order valence-electron chi connectivity index (χ0n) is 10.2. The molecular formula is C14H13F3N2. The zero-order chi connectivity index (χ0) is 13.5. The summed E-state index contributed by atoms with van der Waals surface area (Å²) in [5.41, 5.74) is 2.83. The molecule has 2 aromatic rings. The fraction of sp³-hybridized carbons (Fsp3) is 0.357. The van der Waals surface area contributed by atoms with E-state index in [1.54, 1.807) is 6.07 Å². The highest BCUT2D eigenvalue weighted by molar-refractivity contribution is 5.62. The van der Waals surface area contributed by atoms with Crippen LogP contribution in [0.4, 0.5) is 13.2 Å². The Bertz CT molecular complexity index is 575. The van der Waals surface area contributed by atoms with Crippen LogP contribution in [0.5, 0.6) is 0 Å². The summed E-state index contributed by atoms with van der Waals surface area (Å²) in [6, 6.07) is 4.66. The number of aryl methyl sites for hydroxylation is 2. The maximum atomic E-state index is 12.6. The fourth-order valence-corrected chi connectivity index (χ4v) is 2.51. The van der Waals surface area contributed by atoms with Gasteiger partial charge in [-0.1, -0.05) is 0 Å². The van der Waals surface area contributed by atoms with Crippen molar-refractivity contribution in [2.45, 2.75) is 31.9 Å². The number of aromatic nitrogens is 2. The first kappa shape index (κ1) is 12.3. The van der Waals surface area contributed by atoms with Crippen molar-refractivity contribution in [2.24, 2.45) is 0 Å². The summed E-state index contributed by atoms with van der Waals surface area (Å²) in [4.78, 5) is 6.61. The molecule has 0 aliphatic heterocycles. The third-order valence-corrected chi connectivity index (χ3v) is 3.48. The number of alkyl halides is 3. The summed E-state index contributed by atoms with van der Waals surface area (Å²) in [6.07, 6.45) is 1.07. The highest BCUT2D eigenvalue weighted by atomic mass is 19.4. The van der Waals surface area contributed by atoms with Crippen LogP contribution in [-0.2, 0) is 19.0 Å². The van der Waals surface area contributed by atoms with E-state index in [2.05, 4.69) is 9.97 Å². The van der Waals surface area contributed by atoms with Crippen molar-refractivity contribution in [2.75, 3.05) is 0 Å². The zero-order valence-corrected chi connectivity index (χ0v) is 10.2. The molecule has 0 unspecified atom stereocenters. The normalized spacial score (nSPS) is 15.3. The van der Waals surface area contributed by atoms with Crippen LogP contribution < -0.4 is 0 Å². The summed E-state index contributed by atoms with van der Waals surface area (Å²) < 4.78 is 37.9. The average molecular weight is 266 g/mol. The van der Waals surface area contributed by atoms with Crippen LogP contribution in [0.3, 0.4) is 0 Å². The Morgan fingerprint density at radius 3 is 2.63 bits per heavy atom. The van der Waals surface area contributed by atoms with Gasteiger partial charge < -0.3 is 4.98 Å². The summed E-state index contributed by atoms with van der Waals surface area (Å²) in [5.74, 6) is 0. The van der Waals surface area contributed by atoms with Gasteiger partial charge in [0.15, 0.2) is 0 Å². The Hall–Kier alpha value is -1.78. The van der Waals surface area contributed by atoms with E-state index < -0.39 is 11.9 Å².